The van der Waals surface area contributed by atoms with Gasteiger partial charge in [0, 0.05) is 4.88 Å². The number of benzene rings is 1. The standard InChI is InChI=1S/C20H17FN4OS2/c1-20(10-22,13-4-5-13)25-17(26)9-27-19-18-15(23-11-24-19)8-16(28-18)12-2-6-14(21)7-3-12/h2-3,6-8,11,13H,4-5,9H2,1H3,(H,25,26). The van der Waals surface area contributed by atoms with Crippen LogP contribution in [-0.4, -0.2) is 27.2 Å². The lowest BCUT2D eigenvalue weighted by atomic mass is 9.98. The Labute approximate surface area is 170 Å². The monoisotopic (exact) mass is 412 g/mol. The number of nitrogens with one attached hydrogen (secondary N) is 1. The van der Waals surface area contributed by atoms with Gasteiger partial charge in [0.15, 0.2) is 0 Å². The number of nitriles is 1. The second-order valence-electron chi connectivity index (χ2n) is 6.94. The van der Waals surface area contributed by atoms with Crippen LogP contribution in [-0.2, 0) is 4.79 Å². The summed E-state index contributed by atoms with van der Waals surface area (Å²) in [5.74, 6) is -0.0295. The minimum atomic E-state index is -0.794. The van der Waals surface area contributed by atoms with Crippen molar-refractivity contribution in [3.8, 4) is 16.5 Å². The summed E-state index contributed by atoms with van der Waals surface area (Å²) < 4.78 is 14.1. The predicted octanol–water partition coefficient (Wildman–Crippen LogP) is 4.40. The van der Waals surface area contributed by atoms with Crippen molar-refractivity contribution in [3.63, 3.8) is 0 Å². The first-order chi connectivity index (χ1) is 13.5. The third kappa shape index (κ3) is 3.86. The Morgan fingerprint density at radius 3 is 2.82 bits per heavy atom. The van der Waals surface area contributed by atoms with Crippen molar-refractivity contribution in [2.45, 2.75) is 30.3 Å². The first kappa shape index (κ1) is 18.8. The number of thioether (sulfide) groups is 1. The van der Waals surface area contributed by atoms with E-state index in [1.54, 1.807) is 19.1 Å². The molecule has 2 heterocycles. The molecule has 0 bridgehead atoms. The minimum absolute atomic E-state index is 0.178. The average molecular weight is 413 g/mol. The van der Waals surface area contributed by atoms with Crippen molar-refractivity contribution in [1.29, 1.82) is 5.26 Å². The highest BCUT2D eigenvalue weighted by molar-refractivity contribution is 8.00. The van der Waals surface area contributed by atoms with Crippen LogP contribution in [0.2, 0.25) is 0 Å². The summed E-state index contributed by atoms with van der Waals surface area (Å²) in [4.78, 5) is 22.0. The van der Waals surface area contributed by atoms with Gasteiger partial charge in [-0.05, 0) is 49.4 Å². The third-order valence-electron chi connectivity index (χ3n) is 4.77. The highest BCUT2D eigenvalue weighted by atomic mass is 32.2. The van der Waals surface area contributed by atoms with Crippen LogP contribution in [0.5, 0.6) is 0 Å². The second-order valence-corrected chi connectivity index (χ2v) is 8.95. The van der Waals surface area contributed by atoms with Crippen molar-refractivity contribution in [2.24, 2.45) is 5.92 Å². The maximum Gasteiger partial charge on any atom is 0.231 e. The molecule has 1 amide bonds. The lowest BCUT2D eigenvalue weighted by molar-refractivity contribution is -0.119. The molecule has 1 aliphatic carbocycles. The first-order valence-corrected chi connectivity index (χ1v) is 10.6. The van der Waals surface area contributed by atoms with E-state index in [0.29, 0.717) is 0 Å². The number of amides is 1. The number of halogens is 1. The second kappa shape index (κ2) is 7.49. The SMILES string of the molecule is CC(C#N)(NC(=O)CSc1ncnc2cc(-c3ccc(F)cc3)sc12)C1CC1. The Morgan fingerprint density at radius 1 is 1.39 bits per heavy atom. The van der Waals surface area contributed by atoms with Gasteiger partial charge in [-0.1, -0.05) is 23.9 Å². The van der Waals surface area contributed by atoms with Gasteiger partial charge in [-0.15, -0.1) is 11.3 Å². The van der Waals surface area contributed by atoms with Crippen LogP contribution >= 0.6 is 23.1 Å². The van der Waals surface area contributed by atoms with E-state index in [-0.39, 0.29) is 23.4 Å². The molecule has 1 unspecified atom stereocenters. The van der Waals surface area contributed by atoms with Crippen molar-refractivity contribution in [1.82, 2.24) is 15.3 Å². The maximum absolute atomic E-state index is 13.2. The van der Waals surface area contributed by atoms with E-state index >= 15 is 0 Å². The molecular weight excluding hydrogens is 395 g/mol. The van der Waals surface area contributed by atoms with Crippen LogP contribution in [0.15, 0.2) is 41.7 Å². The topological polar surface area (TPSA) is 78.7 Å². The summed E-state index contributed by atoms with van der Waals surface area (Å²) in [5.41, 5.74) is 0.909. The zero-order chi connectivity index (χ0) is 19.7. The molecule has 1 N–H and O–H groups in total. The third-order valence-corrected chi connectivity index (χ3v) is 7.07. The van der Waals surface area contributed by atoms with E-state index < -0.39 is 5.54 Å². The van der Waals surface area contributed by atoms with E-state index in [0.717, 1.165) is 38.5 Å². The number of carbonyl (C=O) groups is 1. The van der Waals surface area contributed by atoms with Crippen LogP contribution in [0.25, 0.3) is 20.7 Å². The van der Waals surface area contributed by atoms with Crippen LogP contribution in [0, 0.1) is 23.1 Å². The van der Waals surface area contributed by atoms with Crippen molar-refractivity contribution < 1.29 is 9.18 Å². The fraction of sp³-hybridized carbons (Fsp3) is 0.300. The Kier molecular flexibility index (Phi) is 5.04. The highest BCUT2D eigenvalue weighted by Crippen LogP contribution is 2.40. The molecule has 0 saturated heterocycles. The fourth-order valence-electron chi connectivity index (χ4n) is 3.03. The normalized spacial score (nSPS) is 15.8. The van der Waals surface area contributed by atoms with Gasteiger partial charge < -0.3 is 5.32 Å². The van der Waals surface area contributed by atoms with Gasteiger partial charge in [0.05, 0.1) is 22.0 Å². The molecule has 8 heteroatoms. The van der Waals surface area contributed by atoms with E-state index in [4.69, 9.17) is 0 Å². The lowest BCUT2D eigenvalue weighted by Gasteiger charge is -2.22. The number of carbonyl (C=O) groups excluding carboxylic acids is 1. The summed E-state index contributed by atoms with van der Waals surface area (Å²) in [6, 6.07) is 10.5. The number of nitrogens with zero attached hydrogens (tertiary/aromatic N) is 3. The Bertz CT molecular complexity index is 1070. The molecule has 0 radical (unpaired) electrons. The Morgan fingerprint density at radius 2 is 2.14 bits per heavy atom. The van der Waals surface area contributed by atoms with Crippen molar-refractivity contribution in [2.75, 3.05) is 5.75 Å². The molecule has 0 spiro atoms. The first-order valence-electron chi connectivity index (χ1n) is 8.84. The molecule has 5 nitrogen and oxygen atoms in total. The molecule has 1 atom stereocenters. The molecular formula is C20H17FN4OS2. The average Bonchev–Trinajstić information content (AvgIpc) is 3.46. The van der Waals surface area contributed by atoms with Crippen LogP contribution in [0.4, 0.5) is 4.39 Å². The summed E-state index contributed by atoms with van der Waals surface area (Å²) in [6.07, 6.45) is 3.43. The molecule has 1 fully saturated rings. The van der Waals surface area contributed by atoms with Crippen LogP contribution in [0.3, 0.4) is 0 Å². The summed E-state index contributed by atoms with van der Waals surface area (Å²) in [5, 5.41) is 13.0. The molecule has 4 rings (SSSR count). The quantitative estimate of drug-likeness (QED) is 0.480. The molecule has 0 aliphatic heterocycles. The largest absolute Gasteiger partial charge is 0.337 e. The number of hydrogen-bond acceptors (Lipinski definition) is 6. The molecule has 142 valence electrons. The molecule has 1 saturated carbocycles. The summed E-state index contributed by atoms with van der Waals surface area (Å²) in [6.45, 7) is 1.78. The number of hydrogen-bond donors (Lipinski definition) is 1. The molecule has 3 aromatic rings. The van der Waals surface area contributed by atoms with Gasteiger partial charge in [-0.3, -0.25) is 4.79 Å². The number of fused-ring (bicyclic) bond motifs is 1. The fourth-order valence-corrected chi connectivity index (χ4v) is 5.03. The number of rotatable bonds is 6. The van der Waals surface area contributed by atoms with E-state index in [2.05, 4.69) is 21.4 Å². The van der Waals surface area contributed by atoms with Crippen molar-refractivity contribution >= 4 is 39.2 Å². The molecule has 1 aliphatic rings. The zero-order valence-corrected chi connectivity index (χ0v) is 16.7. The van der Waals surface area contributed by atoms with Gasteiger partial charge in [0.25, 0.3) is 0 Å². The highest BCUT2D eigenvalue weighted by Gasteiger charge is 2.42. The number of thiophene rings is 1. The van der Waals surface area contributed by atoms with Gasteiger partial charge in [0.1, 0.15) is 22.7 Å². The summed E-state index contributed by atoms with van der Waals surface area (Å²) in [7, 11) is 0. The summed E-state index contributed by atoms with van der Waals surface area (Å²) >= 11 is 2.84. The Balaban J connectivity index is 1.50. The van der Waals surface area contributed by atoms with E-state index in [1.807, 2.05) is 6.07 Å². The smallest absolute Gasteiger partial charge is 0.231 e. The maximum atomic E-state index is 13.2. The van der Waals surface area contributed by atoms with E-state index in [9.17, 15) is 14.4 Å². The van der Waals surface area contributed by atoms with Gasteiger partial charge >= 0.3 is 0 Å². The van der Waals surface area contributed by atoms with Crippen LogP contribution < -0.4 is 5.32 Å². The van der Waals surface area contributed by atoms with E-state index in [1.165, 1.54) is 41.6 Å². The minimum Gasteiger partial charge on any atom is -0.337 e. The molecule has 2 aromatic heterocycles. The predicted molar refractivity (Wildman–Crippen MR) is 108 cm³/mol. The zero-order valence-electron chi connectivity index (χ0n) is 15.1. The molecule has 1 aromatic carbocycles. The van der Waals surface area contributed by atoms with Crippen LogP contribution in [0.1, 0.15) is 19.8 Å². The lowest BCUT2D eigenvalue weighted by Crippen LogP contribution is -2.47. The van der Waals surface area contributed by atoms with Gasteiger partial charge in [-0.2, -0.15) is 5.26 Å². The van der Waals surface area contributed by atoms with Gasteiger partial charge in [-0.25, -0.2) is 14.4 Å². The van der Waals surface area contributed by atoms with Gasteiger partial charge in [0.2, 0.25) is 5.91 Å². The Hall–Kier alpha value is -2.50. The van der Waals surface area contributed by atoms with Crippen molar-refractivity contribution in [3.05, 3.63) is 42.5 Å². The molecule has 28 heavy (non-hydrogen) atoms. The number of aromatic nitrogens is 2.